The first-order valence-electron chi connectivity index (χ1n) is 6.81. The van der Waals surface area contributed by atoms with Crippen LogP contribution in [0, 0.1) is 13.8 Å². The molecule has 0 radical (unpaired) electrons. The summed E-state index contributed by atoms with van der Waals surface area (Å²) in [5, 5.41) is 2.02. The van der Waals surface area contributed by atoms with Gasteiger partial charge in [-0.1, -0.05) is 0 Å². The fraction of sp³-hybridized carbons (Fsp3) is 0.333. The van der Waals surface area contributed by atoms with Gasteiger partial charge < -0.3 is 5.73 Å². The van der Waals surface area contributed by atoms with E-state index < -0.39 is 10.0 Å². The van der Waals surface area contributed by atoms with Crippen LogP contribution in [0.1, 0.15) is 21.6 Å². The van der Waals surface area contributed by atoms with Crippen LogP contribution in [0.15, 0.2) is 28.5 Å². The topological polar surface area (TPSA) is 63.4 Å². The highest BCUT2D eigenvalue weighted by molar-refractivity contribution is 7.89. The lowest BCUT2D eigenvalue weighted by atomic mass is 10.1. The van der Waals surface area contributed by atoms with E-state index in [1.54, 1.807) is 27.8 Å². The Kier molecular flexibility index (Phi) is 3.55. The molecule has 2 heterocycles. The van der Waals surface area contributed by atoms with Crippen molar-refractivity contribution in [2.75, 3.05) is 12.3 Å². The van der Waals surface area contributed by atoms with E-state index in [0.717, 1.165) is 23.1 Å². The molecular weight excluding hydrogens is 304 g/mol. The molecule has 0 bridgehead atoms. The van der Waals surface area contributed by atoms with E-state index in [0.29, 0.717) is 23.7 Å². The Morgan fingerprint density at radius 2 is 2.05 bits per heavy atom. The first kappa shape index (κ1) is 14.6. The quantitative estimate of drug-likeness (QED) is 0.865. The van der Waals surface area contributed by atoms with Crippen molar-refractivity contribution in [3.05, 3.63) is 45.1 Å². The van der Waals surface area contributed by atoms with Gasteiger partial charge in [0.05, 0.1) is 4.90 Å². The second-order valence-corrected chi connectivity index (χ2v) is 8.35. The Morgan fingerprint density at radius 3 is 2.76 bits per heavy atom. The van der Waals surface area contributed by atoms with E-state index in [9.17, 15) is 8.42 Å². The van der Waals surface area contributed by atoms with E-state index in [2.05, 4.69) is 0 Å². The van der Waals surface area contributed by atoms with Crippen molar-refractivity contribution in [2.24, 2.45) is 0 Å². The standard InChI is InChI=1S/C15H18N2O2S2/c1-10-7-13(8-14(16)11(10)2)21(18,19)17-5-3-15-12(9-17)4-6-20-15/h4,6-8H,3,5,9,16H2,1-2H3. The highest BCUT2D eigenvalue weighted by Gasteiger charge is 2.29. The zero-order valence-corrected chi connectivity index (χ0v) is 13.7. The van der Waals surface area contributed by atoms with Gasteiger partial charge in [-0.3, -0.25) is 0 Å². The van der Waals surface area contributed by atoms with E-state index in [-0.39, 0.29) is 0 Å². The summed E-state index contributed by atoms with van der Waals surface area (Å²) in [4.78, 5) is 1.59. The van der Waals surface area contributed by atoms with E-state index in [1.807, 2.05) is 25.3 Å². The summed E-state index contributed by atoms with van der Waals surface area (Å²) in [5.74, 6) is 0. The van der Waals surface area contributed by atoms with Gasteiger partial charge in [0, 0.05) is 23.7 Å². The van der Waals surface area contributed by atoms with Crippen molar-refractivity contribution in [3.8, 4) is 0 Å². The molecule has 0 amide bonds. The number of hydrogen-bond acceptors (Lipinski definition) is 4. The second-order valence-electron chi connectivity index (χ2n) is 5.41. The van der Waals surface area contributed by atoms with Crippen LogP contribution in [-0.4, -0.2) is 19.3 Å². The van der Waals surface area contributed by atoms with Crippen molar-refractivity contribution in [2.45, 2.75) is 31.7 Å². The third kappa shape index (κ3) is 2.47. The third-order valence-electron chi connectivity index (χ3n) is 4.09. The number of nitrogen functional groups attached to an aromatic ring is 1. The Hall–Kier alpha value is -1.37. The van der Waals surface area contributed by atoms with Crippen molar-refractivity contribution in [3.63, 3.8) is 0 Å². The van der Waals surface area contributed by atoms with Gasteiger partial charge in [-0.2, -0.15) is 4.31 Å². The number of thiophene rings is 1. The average molecular weight is 322 g/mol. The van der Waals surface area contributed by atoms with E-state index in [1.165, 1.54) is 4.88 Å². The largest absolute Gasteiger partial charge is 0.398 e. The number of benzene rings is 1. The monoisotopic (exact) mass is 322 g/mol. The number of sulfonamides is 1. The predicted molar refractivity (Wildman–Crippen MR) is 85.9 cm³/mol. The molecule has 0 aliphatic carbocycles. The third-order valence-corrected chi connectivity index (χ3v) is 6.94. The lowest BCUT2D eigenvalue weighted by Crippen LogP contribution is -2.35. The second kappa shape index (κ2) is 5.12. The molecule has 6 heteroatoms. The van der Waals surface area contributed by atoms with Gasteiger partial charge >= 0.3 is 0 Å². The molecule has 1 aromatic carbocycles. The van der Waals surface area contributed by atoms with Gasteiger partial charge in [0.25, 0.3) is 0 Å². The minimum atomic E-state index is -3.49. The van der Waals surface area contributed by atoms with E-state index >= 15 is 0 Å². The normalized spacial score (nSPS) is 15.9. The molecule has 4 nitrogen and oxygen atoms in total. The van der Waals surface area contributed by atoms with Gasteiger partial charge in [-0.15, -0.1) is 11.3 Å². The van der Waals surface area contributed by atoms with Crippen LogP contribution in [0.2, 0.25) is 0 Å². The molecule has 1 aromatic heterocycles. The van der Waals surface area contributed by atoms with Crippen LogP contribution in [-0.2, 0) is 23.0 Å². The minimum Gasteiger partial charge on any atom is -0.398 e. The first-order chi connectivity index (χ1) is 9.89. The van der Waals surface area contributed by atoms with Crippen LogP contribution < -0.4 is 5.73 Å². The SMILES string of the molecule is Cc1cc(S(=O)(=O)N2CCc3sccc3C2)cc(N)c1C. The van der Waals surface area contributed by atoms with Gasteiger partial charge in [-0.25, -0.2) is 8.42 Å². The maximum Gasteiger partial charge on any atom is 0.243 e. The summed E-state index contributed by atoms with van der Waals surface area (Å²) in [5.41, 5.74) is 9.42. The Balaban J connectivity index is 1.98. The van der Waals surface area contributed by atoms with Gasteiger partial charge in [0.15, 0.2) is 0 Å². The molecular formula is C15H18N2O2S2. The molecule has 2 N–H and O–H groups in total. The van der Waals surface area contributed by atoms with Crippen molar-refractivity contribution < 1.29 is 8.42 Å². The van der Waals surface area contributed by atoms with Crippen molar-refractivity contribution in [1.82, 2.24) is 4.31 Å². The molecule has 3 rings (SSSR count). The molecule has 1 aliphatic rings. The smallest absolute Gasteiger partial charge is 0.243 e. The maximum atomic E-state index is 12.8. The lowest BCUT2D eigenvalue weighted by molar-refractivity contribution is 0.394. The molecule has 0 saturated heterocycles. The van der Waals surface area contributed by atoms with Crippen molar-refractivity contribution >= 4 is 27.0 Å². The summed E-state index contributed by atoms with van der Waals surface area (Å²) in [6.45, 7) is 4.77. The molecule has 0 fully saturated rings. The number of fused-ring (bicyclic) bond motifs is 1. The number of aryl methyl sites for hydroxylation is 1. The van der Waals surface area contributed by atoms with Crippen LogP contribution in [0.3, 0.4) is 0 Å². The van der Waals surface area contributed by atoms with Crippen LogP contribution >= 0.6 is 11.3 Å². The first-order valence-corrected chi connectivity index (χ1v) is 9.13. The summed E-state index contributed by atoms with van der Waals surface area (Å²) in [7, 11) is -3.49. The fourth-order valence-corrected chi connectivity index (χ4v) is 5.01. The molecule has 1 aliphatic heterocycles. The number of nitrogens with zero attached hydrogens (tertiary/aromatic N) is 1. The maximum absolute atomic E-state index is 12.8. The van der Waals surface area contributed by atoms with Crippen LogP contribution in [0.4, 0.5) is 5.69 Å². The minimum absolute atomic E-state index is 0.293. The Bertz CT molecular complexity index is 771. The molecule has 2 aromatic rings. The summed E-state index contributed by atoms with van der Waals surface area (Å²) >= 11 is 1.70. The average Bonchev–Trinajstić information content (AvgIpc) is 2.91. The number of hydrogen-bond donors (Lipinski definition) is 1. The molecule has 0 unspecified atom stereocenters. The van der Waals surface area contributed by atoms with Gasteiger partial charge in [0.2, 0.25) is 10.0 Å². The van der Waals surface area contributed by atoms with Crippen LogP contribution in [0.25, 0.3) is 0 Å². The Morgan fingerprint density at radius 1 is 1.29 bits per heavy atom. The number of anilines is 1. The van der Waals surface area contributed by atoms with Crippen LogP contribution in [0.5, 0.6) is 0 Å². The summed E-state index contributed by atoms with van der Waals surface area (Å²) in [6.07, 6.45) is 0.784. The predicted octanol–water partition coefficient (Wildman–Crippen LogP) is 2.69. The number of rotatable bonds is 2. The zero-order valence-electron chi connectivity index (χ0n) is 12.1. The molecule has 0 spiro atoms. The highest BCUT2D eigenvalue weighted by atomic mass is 32.2. The molecule has 0 saturated carbocycles. The zero-order chi connectivity index (χ0) is 15.2. The Labute approximate surface area is 129 Å². The van der Waals surface area contributed by atoms with E-state index in [4.69, 9.17) is 5.73 Å². The molecule has 112 valence electrons. The molecule has 21 heavy (non-hydrogen) atoms. The number of nitrogens with two attached hydrogens (primary N) is 1. The summed E-state index contributed by atoms with van der Waals surface area (Å²) < 4.78 is 27.2. The van der Waals surface area contributed by atoms with Crippen molar-refractivity contribution in [1.29, 1.82) is 0 Å². The summed E-state index contributed by atoms with van der Waals surface area (Å²) in [6, 6.07) is 5.29. The van der Waals surface area contributed by atoms with Gasteiger partial charge in [0.1, 0.15) is 0 Å². The fourth-order valence-electron chi connectivity index (χ4n) is 2.58. The lowest BCUT2D eigenvalue weighted by Gasteiger charge is -2.26. The highest BCUT2D eigenvalue weighted by Crippen LogP contribution is 2.30. The molecule has 0 atom stereocenters. The van der Waals surface area contributed by atoms with Gasteiger partial charge in [-0.05, 0) is 60.5 Å².